The second-order valence-electron chi connectivity index (χ2n) is 4.80. The Hall–Kier alpha value is 0.250. The minimum Gasteiger partial charge on any atom is -0.381 e. The molecular formula is C12H21ClO. The second kappa shape index (κ2) is 5.37. The van der Waals surface area contributed by atoms with Crippen molar-refractivity contribution < 1.29 is 4.74 Å². The fraction of sp³-hybridized carbons (Fsp3) is 1.00. The van der Waals surface area contributed by atoms with Crippen LogP contribution in [-0.2, 0) is 4.74 Å². The van der Waals surface area contributed by atoms with Crippen molar-refractivity contribution in [2.24, 2.45) is 11.8 Å². The minimum absolute atomic E-state index is 0.421. The first-order chi connectivity index (χ1) is 6.88. The molecule has 0 aromatic heterocycles. The van der Waals surface area contributed by atoms with Crippen LogP contribution in [0.2, 0.25) is 0 Å². The van der Waals surface area contributed by atoms with Gasteiger partial charge in [-0.15, -0.1) is 11.6 Å². The highest BCUT2D eigenvalue weighted by Gasteiger charge is 2.30. The topological polar surface area (TPSA) is 9.23 Å². The fourth-order valence-electron chi connectivity index (χ4n) is 2.93. The molecule has 14 heavy (non-hydrogen) atoms. The van der Waals surface area contributed by atoms with Crippen molar-refractivity contribution in [3.05, 3.63) is 0 Å². The van der Waals surface area contributed by atoms with Crippen molar-refractivity contribution >= 4 is 11.6 Å². The third-order valence-electron chi connectivity index (χ3n) is 3.78. The summed E-state index contributed by atoms with van der Waals surface area (Å²) < 4.78 is 5.57. The van der Waals surface area contributed by atoms with Gasteiger partial charge in [0.1, 0.15) is 0 Å². The Kier molecular flexibility index (Phi) is 4.12. The van der Waals surface area contributed by atoms with Gasteiger partial charge in [-0.3, -0.25) is 0 Å². The minimum atomic E-state index is 0.421. The average Bonchev–Trinajstić information content (AvgIpc) is 2.44. The van der Waals surface area contributed by atoms with Crippen LogP contribution >= 0.6 is 11.6 Å². The Labute approximate surface area is 92.2 Å². The monoisotopic (exact) mass is 216 g/mol. The van der Waals surface area contributed by atoms with Crippen LogP contribution in [-0.4, -0.2) is 18.6 Å². The van der Waals surface area contributed by atoms with Crippen molar-refractivity contribution in [2.75, 3.05) is 13.2 Å². The van der Waals surface area contributed by atoms with E-state index in [1.165, 1.54) is 44.9 Å². The Morgan fingerprint density at radius 2 is 1.79 bits per heavy atom. The van der Waals surface area contributed by atoms with E-state index in [0.29, 0.717) is 5.38 Å². The second-order valence-corrected chi connectivity index (χ2v) is 5.36. The molecule has 1 nitrogen and oxygen atoms in total. The Morgan fingerprint density at radius 1 is 0.929 bits per heavy atom. The Balaban J connectivity index is 1.91. The molecule has 2 rings (SSSR count). The quantitative estimate of drug-likeness (QED) is 0.481. The zero-order valence-corrected chi connectivity index (χ0v) is 9.64. The number of rotatable bonds is 1. The van der Waals surface area contributed by atoms with Gasteiger partial charge in [0.15, 0.2) is 0 Å². The van der Waals surface area contributed by atoms with Crippen molar-refractivity contribution in [2.45, 2.75) is 50.3 Å². The molecule has 1 aliphatic carbocycles. The Morgan fingerprint density at radius 3 is 2.57 bits per heavy atom. The van der Waals surface area contributed by atoms with Gasteiger partial charge in [-0.1, -0.05) is 19.3 Å². The van der Waals surface area contributed by atoms with E-state index >= 15 is 0 Å². The number of alkyl halides is 1. The zero-order chi connectivity index (χ0) is 9.80. The summed E-state index contributed by atoms with van der Waals surface area (Å²) in [6, 6.07) is 0. The van der Waals surface area contributed by atoms with Crippen molar-refractivity contribution in [1.82, 2.24) is 0 Å². The summed E-state index contributed by atoms with van der Waals surface area (Å²) in [6.45, 7) is 1.93. The van der Waals surface area contributed by atoms with Crippen LogP contribution in [0.15, 0.2) is 0 Å². The van der Waals surface area contributed by atoms with Crippen molar-refractivity contribution in [1.29, 1.82) is 0 Å². The van der Waals surface area contributed by atoms with E-state index in [9.17, 15) is 0 Å². The largest absolute Gasteiger partial charge is 0.381 e. The van der Waals surface area contributed by atoms with E-state index in [0.717, 1.165) is 25.0 Å². The van der Waals surface area contributed by atoms with Crippen molar-refractivity contribution in [3.63, 3.8) is 0 Å². The van der Waals surface area contributed by atoms with Crippen LogP contribution in [0, 0.1) is 11.8 Å². The molecule has 2 aliphatic rings. The normalized spacial score (nSPS) is 40.5. The molecule has 3 unspecified atom stereocenters. The summed E-state index contributed by atoms with van der Waals surface area (Å²) in [4.78, 5) is 0. The first kappa shape index (κ1) is 10.8. The molecule has 1 saturated carbocycles. The molecule has 1 saturated heterocycles. The molecule has 0 amide bonds. The summed E-state index contributed by atoms with van der Waals surface area (Å²) in [5, 5.41) is 0.421. The molecule has 3 atom stereocenters. The van der Waals surface area contributed by atoms with E-state index in [4.69, 9.17) is 16.3 Å². The molecule has 82 valence electrons. The lowest BCUT2D eigenvalue weighted by atomic mass is 9.82. The maximum absolute atomic E-state index is 6.46. The molecule has 0 aromatic rings. The van der Waals surface area contributed by atoms with Crippen molar-refractivity contribution in [3.8, 4) is 0 Å². The summed E-state index contributed by atoms with van der Waals surface area (Å²) in [5.41, 5.74) is 0. The molecule has 0 radical (unpaired) electrons. The van der Waals surface area contributed by atoms with E-state index in [1.807, 2.05) is 0 Å². The van der Waals surface area contributed by atoms with Gasteiger partial charge in [0.25, 0.3) is 0 Å². The molecule has 1 heterocycles. The lowest BCUT2D eigenvalue weighted by molar-refractivity contribution is 0.0281. The highest BCUT2D eigenvalue weighted by Crippen LogP contribution is 2.36. The highest BCUT2D eigenvalue weighted by atomic mass is 35.5. The first-order valence-electron chi connectivity index (χ1n) is 6.10. The van der Waals surface area contributed by atoms with Gasteiger partial charge >= 0.3 is 0 Å². The van der Waals surface area contributed by atoms with Gasteiger partial charge in [-0.25, -0.2) is 0 Å². The van der Waals surface area contributed by atoms with E-state index < -0.39 is 0 Å². The smallest absolute Gasteiger partial charge is 0.0497 e. The third kappa shape index (κ3) is 2.64. The van der Waals surface area contributed by atoms with Gasteiger partial charge in [-0.2, -0.15) is 0 Å². The van der Waals surface area contributed by atoms with Gasteiger partial charge < -0.3 is 4.74 Å². The fourth-order valence-corrected chi connectivity index (χ4v) is 3.41. The maximum atomic E-state index is 6.46. The van der Waals surface area contributed by atoms with Crippen LogP contribution in [0.5, 0.6) is 0 Å². The SMILES string of the molecule is ClC1CCCCCC1C1CCCOC1. The van der Waals surface area contributed by atoms with Gasteiger partial charge in [-0.05, 0) is 37.5 Å². The summed E-state index contributed by atoms with van der Waals surface area (Å²) in [5.74, 6) is 1.49. The van der Waals surface area contributed by atoms with Crippen LogP contribution in [0.3, 0.4) is 0 Å². The van der Waals surface area contributed by atoms with E-state index in [-0.39, 0.29) is 0 Å². The predicted molar refractivity (Wildman–Crippen MR) is 59.8 cm³/mol. The summed E-state index contributed by atoms with van der Waals surface area (Å²) >= 11 is 6.46. The lowest BCUT2D eigenvalue weighted by Crippen LogP contribution is -2.30. The third-order valence-corrected chi connectivity index (χ3v) is 4.32. The van der Waals surface area contributed by atoms with Gasteiger partial charge in [0.2, 0.25) is 0 Å². The molecule has 0 bridgehead atoms. The summed E-state index contributed by atoms with van der Waals surface area (Å²) in [7, 11) is 0. The molecular weight excluding hydrogens is 196 g/mol. The number of halogens is 1. The van der Waals surface area contributed by atoms with Crippen LogP contribution in [0.25, 0.3) is 0 Å². The van der Waals surface area contributed by atoms with Gasteiger partial charge in [0, 0.05) is 18.6 Å². The van der Waals surface area contributed by atoms with E-state index in [1.54, 1.807) is 0 Å². The molecule has 2 heteroatoms. The molecule has 0 spiro atoms. The maximum Gasteiger partial charge on any atom is 0.0497 e. The molecule has 2 fully saturated rings. The van der Waals surface area contributed by atoms with Gasteiger partial charge in [0.05, 0.1) is 0 Å². The molecule has 1 aliphatic heterocycles. The van der Waals surface area contributed by atoms with Crippen LogP contribution in [0.4, 0.5) is 0 Å². The average molecular weight is 217 g/mol. The Bertz CT molecular complexity index is 166. The molecule has 0 aromatic carbocycles. The summed E-state index contributed by atoms with van der Waals surface area (Å²) in [6.07, 6.45) is 9.24. The highest BCUT2D eigenvalue weighted by molar-refractivity contribution is 6.20. The number of hydrogen-bond donors (Lipinski definition) is 0. The van der Waals surface area contributed by atoms with Crippen LogP contribution in [0.1, 0.15) is 44.9 Å². The lowest BCUT2D eigenvalue weighted by Gasteiger charge is -2.32. The predicted octanol–water partition coefficient (Wildman–Crippen LogP) is 3.60. The number of ether oxygens (including phenoxy) is 1. The molecule has 0 N–H and O–H groups in total. The first-order valence-corrected chi connectivity index (χ1v) is 6.53. The van der Waals surface area contributed by atoms with E-state index in [2.05, 4.69) is 0 Å². The van der Waals surface area contributed by atoms with Crippen LogP contribution < -0.4 is 0 Å². The number of hydrogen-bond acceptors (Lipinski definition) is 1. The standard InChI is InChI=1S/C12H21ClO/c13-12-7-3-1-2-6-11(12)10-5-4-8-14-9-10/h10-12H,1-9H2. The zero-order valence-electron chi connectivity index (χ0n) is 8.88.